The summed E-state index contributed by atoms with van der Waals surface area (Å²) in [6.45, 7) is 0.145. The van der Waals surface area contributed by atoms with Gasteiger partial charge in [0.15, 0.2) is 0 Å². The molecule has 1 saturated carbocycles. The summed E-state index contributed by atoms with van der Waals surface area (Å²) in [5.74, 6) is -0.463. The van der Waals surface area contributed by atoms with Crippen LogP contribution in [-0.4, -0.2) is 58.8 Å². The summed E-state index contributed by atoms with van der Waals surface area (Å²) in [5.41, 5.74) is 0. The molecule has 0 aromatic heterocycles. The molecule has 2 amide bonds. The number of nitrogens with one attached hydrogen (secondary N) is 1. The molecular weight excluding hydrogens is 248 g/mol. The van der Waals surface area contributed by atoms with Gasteiger partial charge in [-0.25, -0.2) is 0 Å². The molecule has 0 radical (unpaired) electrons. The van der Waals surface area contributed by atoms with Crippen LogP contribution >= 0.6 is 0 Å². The summed E-state index contributed by atoms with van der Waals surface area (Å²) in [6, 6.07) is 0.313. The standard InChI is InChI=1S/C13H22N2O4/c16-8-11(17)6-14-13(19)9-5-12(18)15(7-9)10-3-1-2-4-10/h9-11,16-17H,1-8H2,(H,14,19). The van der Waals surface area contributed by atoms with E-state index in [1.807, 2.05) is 4.90 Å². The van der Waals surface area contributed by atoms with Crippen LogP contribution in [-0.2, 0) is 9.59 Å². The number of hydrogen-bond donors (Lipinski definition) is 3. The lowest BCUT2D eigenvalue weighted by molar-refractivity contribution is -0.130. The van der Waals surface area contributed by atoms with Gasteiger partial charge in [-0.3, -0.25) is 9.59 Å². The van der Waals surface area contributed by atoms with Crippen LogP contribution in [0.2, 0.25) is 0 Å². The Morgan fingerprint density at radius 1 is 1.42 bits per heavy atom. The Balaban J connectivity index is 1.82. The van der Waals surface area contributed by atoms with Gasteiger partial charge in [0.05, 0.1) is 18.6 Å². The van der Waals surface area contributed by atoms with Gasteiger partial charge in [0.25, 0.3) is 0 Å². The summed E-state index contributed by atoms with van der Waals surface area (Å²) in [6.07, 6.45) is 3.73. The van der Waals surface area contributed by atoms with Crippen LogP contribution in [0.3, 0.4) is 0 Å². The number of likely N-dealkylation sites (tertiary alicyclic amines) is 1. The minimum absolute atomic E-state index is 0.0312. The van der Waals surface area contributed by atoms with E-state index in [2.05, 4.69) is 5.32 Å². The van der Waals surface area contributed by atoms with E-state index in [0.29, 0.717) is 12.6 Å². The van der Waals surface area contributed by atoms with Crippen LogP contribution in [0, 0.1) is 5.92 Å². The molecule has 6 heteroatoms. The van der Waals surface area contributed by atoms with Crippen molar-refractivity contribution in [1.82, 2.24) is 10.2 Å². The molecule has 19 heavy (non-hydrogen) atoms. The molecule has 0 bridgehead atoms. The molecule has 108 valence electrons. The number of amides is 2. The van der Waals surface area contributed by atoms with Crippen molar-refractivity contribution in [2.45, 2.75) is 44.2 Å². The molecule has 2 fully saturated rings. The Hall–Kier alpha value is -1.14. The van der Waals surface area contributed by atoms with Crippen LogP contribution in [0.15, 0.2) is 0 Å². The molecule has 0 aromatic rings. The molecule has 1 aliphatic carbocycles. The summed E-state index contributed by atoms with van der Waals surface area (Å²) < 4.78 is 0. The molecule has 2 unspecified atom stereocenters. The number of hydrogen-bond acceptors (Lipinski definition) is 4. The number of carbonyl (C=O) groups excluding carboxylic acids is 2. The van der Waals surface area contributed by atoms with E-state index in [-0.39, 0.29) is 37.3 Å². The van der Waals surface area contributed by atoms with Gasteiger partial charge in [0.1, 0.15) is 0 Å². The van der Waals surface area contributed by atoms with Crippen molar-refractivity contribution in [2.24, 2.45) is 5.92 Å². The lowest BCUT2D eigenvalue weighted by Crippen LogP contribution is -2.39. The average Bonchev–Trinajstić information content (AvgIpc) is 3.04. The molecule has 0 aromatic carbocycles. The first-order valence-corrected chi connectivity index (χ1v) is 6.98. The van der Waals surface area contributed by atoms with E-state index >= 15 is 0 Å². The fourth-order valence-electron chi connectivity index (χ4n) is 2.90. The van der Waals surface area contributed by atoms with Gasteiger partial charge in [-0.05, 0) is 12.8 Å². The van der Waals surface area contributed by atoms with E-state index in [1.54, 1.807) is 0 Å². The Labute approximate surface area is 112 Å². The van der Waals surface area contributed by atoms with E-state index in [9.17, 15) is 14.7 Å². The number of carbonyl (C=O) groups is 2. The van der Waals surface area contributed by atoms with E-state index < -0.39 is 6.10 Å². The first kappa shape index (κ1) is 14.3. The van der Waals surface area contributed by atoms with Crippen LogP contribution in [0.1, 0.15) is 32.1 Å². The maximum absolute atomic E-state index is 11.9. The van der Waals surface area contributed by atoms with Gasteiger partial charge in [0, 0.05) is 25.6 Å². The fraction of sp³-hybridized carbons (Fsp3) is 0.846. The molecule has 6 nitrogen and oxygen atoms in total. The quantitative estimate of drug-likeness (QED) is 0.613. The van der Waals surface area contributed by atoms with Crippen LogP contribution < -0.4 is 5.32 Å². The minimum Gasteiger partial charge on any atom is -0.394 e. The maximum atomic E-state index is 11.9. The summed E-state index contributed by atoms with van der Waals surface area (Å²) >= 11 is 0. The molecule has 2 atom stereocenters. The van der Waals surface area contributed by atoms with Crippen LogP contribution in [0.5, 0.6) is 0 Å². The van der Waals surface area contributed by atoms with Crippen LogP contribution in [0.4, 0.5) is 0 Å². The minimum atomic E-state index is -0.938. The van der Waals surface area contributed by atoms with Crippen molar-refractivity contribution in [3.05, 3.63) is 0 Å². The van der Waals surface area contributed by atoms with Gasteiger partial charge in [-0.15, -0.1) is 0 Å². The molecule has 3 N–H and O–H groups in total. The number of rotatable bonds is 5. The fourth-order valence-corrected chi connectivity index (χ4v) is 2.90. The zero-order valence-corrected chi connectivity index (χ0v) is 11.0. The zero-order valence-electron chi connectivity index (χ0n) is 11.0. The van der Waals surface area contributed by atoms with Crippen LogP contribution in [0.25, 0.3) is 0 Å². The summed E-state index contributed by atoms with van der Waals surface area (Å²) in [5, 5.41) is 20.4. The van der Waals surface area contributed by atoms with E-state index in [0.717, 1.165) is 25.7 Å². The number of nitrogens with zero attached hydrogens (tertiary/aromatic N) is 1. The lowest BCUT2D eigenvalue weighted by atomic mass is 10.1. The Kier molecular flexibility index (Phi) is 4.76. The SMILES string of the molecule is O=C(NCC(O)CO)C1CC(=O)N(C2CCCC2)C1. The van der Waals surface area contributed by atoms with Gasteiger partial charge in [-0.1, -0.05) is 12.8 Å². The van der Waals surface area contributed by atoms with Crippen molar-refractivity contribution in [1.29, 1.82) is 0 Å². The molecule has 0 spiro atoms. The third kappa shape index (κ3) is 3.45. The Bertz CT molecular complexity index is 342. The topological polar surface area (TPSA) is 89.9 Å². The second kappa shape index (κ2) is 6.34. The summed E-state index contributed by atoms with van der Waals surface area (Å²) in [4.78, 5) is 25.7. The third-order valence-electron chi connectivity index (χ3n) is 4.02. The molecule has 2 aliphatic rings. The van der Waals surface area contributed by atoms with Crippen molar-refractivity contribution in [3.8, 4) is 0 Å². The highest BCUT2D eigenvalue weighted by molar-refractivity contribution is 5.89. The smallest absolute Gasteiger partial charge is 0.225 e. The highest BCUT2D eigenvalue weighted by Crippen LogP contribution is 2.29. The Morgan fingerprint density at radius 2 is 2.11 bits per heavy atom. The number of aliphatic hydroxyl groups is 2. The van der Waals surface area contributed by atoms with Crippen molar-refractivity contribution in [2.75, 3.05) is 19.7 Å². The van der Waals surface area contributed by atoms with Gasteiger partial charge in [0.2, 0.25) is 11.8 Å². The number of aliphatic hydroxyl groups excluding tert-OH is 2. The highest BCUT2D eigenvalue weighted by atomic mass is 16.3. The van der Waals surface area contributed by atoms with E-state index in [4.69, 9.17) is 5.11 Å². The van der Waals surface area contributed by atoms with Crippen molar-refractivity contribution >= 4 is 11.8 Å². The monoisotopic (exact) mass is 270 g/mol. The molecule has 1 heterocycles. The third-order valence-corrected chi connectivity index (χ3v) is 4.02. The first-order chi connectivity index (χ1) is 9.11. The van der Waals surface area contributed by atoms with Gasteiger partial charge < -0.3 is 20.4 Å². The predicted octanol–water partition coefficient (Wildman–Crippen LogP) is -0.753. The van der Waals surface area contributed by atoms with Gasteiger partial charge in [-0.2, -0.15) is 0 Å². The average molecular weight is 270 g/mol. The first-order valence-electron chi connectivity index (χ1n) is 6.98. The maximum Gasteiger partial charge on any atom is 0.225 e. The molecule has 1 saturated heterocycles. The summed E-state index contributed by atoms with van der Waals surface area (Å²) in [7, 11) is 0. The molecule has 2 rings (SSSR count). The van der Waals surface area contributed by atoms with E-state index in [1.165, 1.54) is 0 Å². The predicted molar refractivity (Wildman–Crippen MR) is 68.2 cm³/mol. The Morgan fingerprint density at radius 3 is 2.74 bits per heavy atom. The second-order valence-corrected chi connectivity index (χ2v) is 5.47. The van der Waals surface area contributed by atoms with Crippen molar-refractivity contribution in [3.63, 3.8) is 0 Å². The normalized spacial score (nSPS) is 25.9. The lowest BCUT2D eigenvalue weighted by Gasteiger charge is -2.23. The molecule has 1 aliphatic heterocycles. The second-order valence-electron chi connectivity index (χ2n) is 5.47. The highest BCUT2D eigenvalue weighted by Gasteiger charge is 2.38. The largest absolute Gasteiger partial charge is 0.394 e. The zero-order chi connectivity index (χ0) is 13.8. The van der Waals surface area contributed by atoms with Crippen molar-refractivity contribution < 1.29 is 19.8 Å². The van der Waals surface area contributed by atoms with Gasteiger partial charge >= 0.3 is 0 Å². The molecular formula is C13H22N2O4.